The van der Waals surface area contributed by atoms with E-state index in [1.165, 1.54) is 11.4 Å². The maximum absolute atomic E-state index is 5.48. The molecule has 24 heavy (non-hydrogen) atoms. The minimum absolute atomic E-state index is 0.292. The van der Waals surface area contributed by atoms with Gasteiger partial charge in [0.2, 0.25) is 17.5 Å². The summed E-state index contributed by atoms with van der Waals surface area (Å²) in [6, 6.07) is 0. The SMILES string of the molecule is CCOP(=S)(OCC)SCc1nc(C)no1.Cc1noc(CCl)n1. The smallest absolute Gasteiger partial charge is 0.247 e. The molecule has 2 rings (SSSR count). The second kappa shape index (κ2) is 11.2. The summed E-state index contributed by atoms with van der Waals surface area (Å²) in [5.41, 5.74) is -2.25. The highest BCUT2D eigenvalue weighted by Gasteiger charge is 2.20. The first-order valence-electron chi connectivity index (χ1n) is 7.10. The Balaban J connectivity index is 0.000000300. The highest BCUT2D eigenvalue weighted by Crippen LogP contribution is 2.61. The zero-order valence-electron chi connectivity index (χ0n) is 13.9. The molecule has 0 fully saturated rings. The lowest BCUT2D eigenvalue weighted by Gasteiger charge is -2.18. The van der Waals surface area contributed by atoms with Gasteiger partial charge in [-0.2, -0.15) is 9.97 Å². The van der Waals surface area contributed by atoms with E-state index in [0.717, 1.165) is 0 Å². The van der Waals surface area contributed by atoms with Gasteiger partial charge in [-0.25, -0.2) is 0 Å². The topological polar surface area (TPSA) is 96.3 Å². The molecular weight excluding hydrogens is 395 g/mol. The van der Waals surface area contributed by atoms with Crippen molar-refractivity contribution in [2.75, 3.05) is 13.2 Å². The van der Waals surface area contributed by atoms with E-state index in [-0.39, 0.29) is 0 Å². The predicted molar refractivity (Wildman–Crippen MR) is 96.5 cm³/mol. The summed E-state index contributed by atoms with van der Waals surface area (Å²) in [7, 11) is 0. The van der Waals surface area contributed by atoms with E-state index in [0.29, 0.717) is 48.3 Å². The molecule has 0 spiro atoms. The molecule has 0 unspecified atom stereocenters. The third kappa shape index (κ3) is 8.04. The first kappa shape index (κ1) is 21.5. The van der Waals surface area contributed by atoms with E-state index in [1.54, 1.807) is 13.8 Å². The van der Waals surface area contributed by atoms with E-state index in [1.807, 2.05) is 13.8 Å². The van der Waals surface area contributed by atoms with E-state index in [9.17, 15) is 0 Å². The molecule has 0 saturated heterocycles. The van der Waals surface area contributed by atoms with Gasteiger partial charge >= 0.3 is 0 Å². The van der Waals surface area contributed by atoms with Gasteiger partial charge in [0.15, 0.2) is 11.6 Å². The molecular formula is C12H20ClN4O4PS2. The number of rotatable bonds is 8. The molecule has 0 aromatic carbocycles. The highest BCUT2D eigenvalue weighted by molar-refractivity contribution is 8.67. The molecule has 2 aromatic heterocycles. The zero-order valence-corrected chi connectivity index (χ0v) is 17.2. The van der Waals surface area contributed by atoms with Crippen LogP contribution in [0, 0.1) is 13.8 Å². The standard InChI is InChI=1S/C8H15N2O3PS2.C4H5ClN2O/c1-4-11-14(15,12-5-2)16-6-8-9-7(3)10-13-8;1-3-6-4(2-5)8-7-3/h4-6H2,1-3H3;2H2,1H3. The Morgan fingerprint density at radius 3 is 1.88 bits per heavy atom. The lowest BCUT2D eigenvalue weighted by molar-refractivity contribution is 0.280. The van der Waals surface area contributed by atoms with Crippen LogP contribution < -0.4 is 0 Å². The minimum atomic E-state index is -2.25. The number of nitrogens with zero attached hydrogens (tertiary/aromatic N) is 4. The van der Waals surface area contributed by atoms with E-state index < -0.39 is 5.69 Å². The summed E-state index contributed by atoms with van der Waals surface area (Å²) in [4.78, 5) is 7.92. The summed E-state index contributed by atoms with van der Waals surface area (Å²) in [6.45, 7) is 8.42. The van der Waals surface area contributed by atoms with Crippen LogP contribution in [0.15, 0.2) is 9.05 Å². The zero-order chi connectivity index (χ0) is 18.0. The molecule has 0 radical (unpaired) electrons. The Bertz CT molecular complexity index is 645. The lowest BCUT2D eigenvalue weighted by atomic mass is 10.7. The molecule has 0 aliphatic heterocycles. The Hall–Kier alpha value is -0.510. The third-order valence-corrected chi connectivity index (χ3v) is 7.79. The van der Waals surface area contributed by atoms with Gasteiger partial charge in [-0.15, -0.1) is 11.6 Å². The second-order valence-electron chi connectivity index (χ2n) is 4.16. The predicted octanol–water partition coefficient (Wildman–Crippen LogP) is 4.03. The average Bonchev–Trinajstić information content (AvgIpc) is 3.15. The van der Waals surface area contributed by atoms with E-state index in [4.69, 9.17) is 37.0 Å². The Labute approximate surface area is 154 Å². The highest BCUT2D eigenvalue weighted by atomic mass is 35.5. The van der Waals surface area contributed by atoms with Crippen molar-refractivity contribution >= 4 is 40.5 Å². The van der Waals surface area contributed by atoms with Crippen LogP contribution in [-0.4, -0.2) is 33.5 Å². The minimum Gasteiger partial charge on any atom is -0.338 e. The van der Waals surface area contributed by atoms with Crippen molar-refractivity contribution in [1.29, 1.82) is 0 Å². The van der Waals surface area contributed by atoms with Gasteiger partial charge in [-0.05, 0) is 39.5 Å². The van der Waals surface area contributed by atoms with Gasteiger partial charge in [0, 0.05) is 0 Å². The number of hydrogen-bond acceptors (Lipinski definition) is 10. The summed E-state index contributed by atoms with van der Waals surface area (Å²) < 4.78 is 20.6. The molecule has 136 valence electrons. The van der Waals surface area contributed by atoms with Crippen molar-refractivity contribution < 1.29 is 18.1 Å². The summed E-state index contributed by atoms with van der Waals surface area (Å²) in [5, 5.41) is 7.22. The fourth-order valence-electron chi connectivity index (χ4n) is 1.36. The number of aromatic nitrogens is 4. The van der Waals surface area contributed by atoms with Gasteiger partial charge in [0.1, 0.15) is 5.88 Å². The number of alkyl halides is 1. The van der Waals surface area contributed by atoms with Crippen LogP contribution in [0.5, 0.6) is 0 Å². The van der Waals surface area contributed by atoms with E-state index >= 15 is 0 Å². The van der Waals surface area contributed by atoms with Crippen LogP contribution >= 0.6 is 28.7 Å². The fraction of sp³-hybridized carbons (Fsp3) is 0.667. The molecule has 0 amide bonds. The summed E-state index contributed by atoms with van der Waals surface area (Å²) >= 11 is 12.1. The van der Waals surface area contributed by atoms with Crippen LogP contribution in [0.3, 0.4) is 0 Å². The quantitative estimate of drug-likeness (QED) is 0.465. The van der Waals surface area contributed by atoms with Crippen molar-refractivity contribution in [3.8, 4) is 0 Å². The molecule has 0 N–H and O–H groups in total. The molecule has 0 atom stereocenters. The fourth-order valence-corrected chi connectivity index (χ4v) is 5.70. The van der Waals surface area contributed by atoms with Gasteiger partial charge in [-0.1, -0.05) is 21.7 Å². The molecule has 0 saturated carbocycles. The normalized spacial score (nSPS) is 11.2. The molecule has 0 bridgehead atoms. The van der Waals surface area contributed by atoms with Crippen LogP contribution in [0.4, 0.5) is 0 Å². The summed E-state index contributed by atoms with van der Waals surface area (Å²) in [6.07, 6.45) is 0. The number of hydrogen-bond donors (Lipinski definition) is 0. The Kier molecular flexibility index (Phi) is 10.0. The van der Waals surface area contributed by atoms with Crippen molar-refractivity contribution in [1.82, 2.24) is 20.3 Å². The van der Waals surface area contributed by atoms with Crippen molar-refractivity contribution in [2.45, 2.75) is 39.3 Å². The average molecular weight is 415 g/mol. The molecule has 12 heteroatoms. The number of aryl methyl sites for hydroxylation is 2. The largest absolute Gasteiger partial charge is 0.338 e. The second-order valence-corrected chi connectivity index (χ2v) is 10.7. The molecule has 0 aliphatic rings. The third-order valence-electron chi connectivity index (χ3n) is 2.17. The first-order chi connectivity index (χ1) is 11.4. The maximum Gasteiger partial charge on any atom is 0.247 e. The van der Waals surface area contributed by atoms with Crippen LogP contribution in [0.1, 0.15) is 37.3 Å². The van der Waals surface area contributed by atoms with Crippen molar-refractivity contribution in [2.24, 2.45) is 0 Å². The maximum atomic E-state index is 5.48. The van der Waals surface area contributed by atoms with Gasteiger partial charge in [-0.3, -0.25) is 0 Å². The monoisotopic (exact) mass is 414 g/mol. The van der Waals surface area contributed by atoms with Gasteiger partial charge in [0.05, 0.1) is 19.0 Å². The van der Waals surface area contributed by atoms with Gasteiger partial charge in [0.25, 0.3) is 0 Å². The molecule has 2 heterocycles. The van der Waals surface area contributed by atoms with Crippen molar-refractivity contribution in [3.05, 3.63) is 23.4 Å². The Morgan fingerprint density at radius 2 is 1.54 bits per heavy atom. The summed E-state index contributed by atoms with van der Waals surface area (Å²) in [5.74, 6) is 3.09. The van der Waals surface area contributed by atoms with Gasteiger partial charge < -0.3 is 18.1 Å². The van der Waals surface area contributed by atoms with E-state index in [2.05, 4.69) is 24.8 Å². The lowest BCUT2D eigenvalue weighted by Crippen LogP contribution is -1.93. The van der Waals surface area contributed by atoms with Crippen LogP contribution in [-0.2, 0) is 32.5 Å². The molecule has 8 nitrogen and oxygen atoms in total. The van der Waals surface area contributed by atoms with Crippen molar-refractivity contribution in [3.63, 3.8) is 0 Å². The molecule has 0 aliphatic carbocycles. The first-order valence-corrected chi connectivity index (χ1v) is 11.9. The molecule has 2 aromatic rings. The Morgan fingerprint density at radius 1 is 1.04 bits per heavy atom. The van der Waals surface area contributed by atoms with Crippen LogP contribution in [0.2, 0.25) is 0 Å². The van der Waals surface area contributed by atoms with Crippen LogP contribution in [0.25, 0.3) is 0 Å². The number of halogens is 1.